The van der Waals surface area contributed by atoms with Crippen molar-refractivity contribution in [3.8, 4) is 34.5 Å². The van der Waals surface area contributed by atoms with Crippen LogP contribution in [0.4, 0.5) is 26.3 Å². The van der Waals surface area contributed by atoms with Gasteiger partial charge in [0.1, 0.15) is 22.6 Å². The number of benzene rings is 4. The van der Waals surface area contributed by atoms with Crippen molar-refractivity contribution < 1.29 is 40.6 Å². The van der Waals surface area contributed by atoms with E-state index in [0.29, 0.717) is 0 Å². The van der Waals surface area contributed by atoms with Gasteiger partial charge in [-0.15, -0.1) is 0 Å². The predicted octanol–water partition coefficient (Wildman–Crippen LogP) is 9.10. The lowest BCUT2D eigenvalue weighted by Crippen LogP contribution is -2.09. The highest BCUT2D eigenvalue weighted by Crippen LogP contribution is 2.49. The number of alkyl halides is 6. The maximum Gasteiger partial charge on any atom is 0.420 e. The quantitative estimate of drug-likeness (QED) is 0.252. The van der Waals surface area contributed by atoms with Crippen LogP contribution in [0.3, 0.4) is 0 Å². The van der Waals surface area contributed by atoms with E-state index >= 15 is 0 Å². The van der Waals surface area contributed by atoms with E-state index in [1.54, 1.807) is 36.4 Å². The molecule has 0 saturated carbocycles. The third kappa shape index (κ3) is 5.68. The largest absolute Gasteiger partial charge is 0.453 e. The Morgan fingerprint density at radius 1 is 0.400 bits per heavy atom. The van der Waals surface area contributed by atoms with E-state index in [4.69, 9.17) is 14.2 Å². The third-order valence-corrected chi connectivity index (χ3v) is 4.71. The summed E-state index contributed by atoms with van der Waals surface area (Å²) in [5, 5.41) is 0. The van der Waals surface area contributed by atoms with Gasteiger partial charge in [-0.1, -0.05) is 48.5 Å². The second kappa shape index (κ2) is 9.61. The van der Waals surface area contributed by atoms with Gasteiger partial charge in [0.25, 0.3) is 0 Å². The Bertz CT molecular complexity index is 1190. The lowest BCUT2D eigenvalue weighted by atomic mass is 10.1. The maximum atomic E-state index is 13.7. The summed E-state index contributed by atoms with van der Waals surface area (Å²) in [5.74, 6) is -2.12. The SMILES string of the molecule is FC(F)(F)c1cccc(Oc2cccc(C(F)(F)F)c2Oc2ccccc2)c1Oc1ccccc1. The van der Waals surface area contributed by atoms with Gasteiger partial charge in [-0.05, 0) is 48.5 Å². The smallest absolute Gasteiger partial charge is 0.420 e. The molecular weight excluding hydrogens is 474 g/mol. The molecule has 4 aromatic carbocycles. The van der Waals surface area contributed by atoms with Crippen molar-refractivity contribution in [3.05, 3.63) is 108 Å². The second-order valence-electron chi connectivity index (χ2n) is 7.19. The second-order valence-corrected chi connectivity index (χ2v) is 7.19. The number of ether oxygens (including phenoxy) is 3. The highest BCUT2D eigenvalue weighted by molar-refractivity contribution is 5.56. The average Bonchev–Trinajstić information content (AvgIpc) is 2.81. The van der Waals surface area contributed by atoms with E-state index in [1.165, 1.54) is 36.4 Å². The van der Waals surface area contributed by atoms with Crippen LogP contribution in [0.5, 0.6) is 34.5 Å². The highest BCUT2D eigenvalue weighted by atomic mass is 19.4. The highest BCUT2D eigenvalue weighted by Gasteiger charge is 2.38. The molecule has 3 nitrogen and oxygen atoms in total. The molecule has 9 heteroatoms. The predicted molar refractivity (Wildman–Crippen MR) is 116 cm³/mol. The van der Waals surface area contributed by atoms with Crippen LogP contribution in [-0.2, 0) is 12.4 Å². The van der Waals surface area contributed by atoms with Gasteiger partial charge in [-0.3, -0.25) is 0 Å². The van der Waals surface area contributed by atoms with Crippen LogP contribution >= 0.6 is 0 Å². The van der Waals surface area contributed by atoms with Crippen molar-refractivity contribution in [2.24, 2.45) is 0 Å². The number of hydrogen-bond acceptors (Lipinski definition) is 3. The number of rotatable bonds is 6. The summed E-state index contributed by atoms with van der Waals surface area (Å²) < 4.78 is 99.1. The molecule has 4 aromatic rings. The van der Waals surface area contributed by atoms with Gasteiger partial charge in [0, 0.05) is 0 Å². The van der Waals surface area contributed by atoms with Gasteiger partial charge in [-0.2, -0.15) is 26.3 Å². The van der Waals surface area contributed by atoms with Crippen molar-refractivity contribution in [1.29, 1.82) is 0 Å². The molecule has 0 heterocycles. The topological polar surface area (TPSA) is 27.7 Å². The minimum absolute atomic E-state index is 0.0823. The van der Waals surface area contributed by atoms with Crippen LogP contribution in [0.15, 0.2) is 97.1 Å². The first-order chi connectivity index (χ1) is 16.6. The average molecular weight is 490 g/mol. The standard InChI is InChI=1S/C26H16F6O3/c27-25(28,29)19-13-7-15-21(23(19)33-17-9-3-1-4-10-17)35-22-16-8-14-20(26(30,31)32)24(22)34-18-11-5-2-6-12-18/h1-16H. The maximum absolute atomic E-state index is 13.7. The molecule has 0 N–H and O–H groups in total. The molecule has 180 valence electrons. The fourth-order valence-electron chi connectivity index (χ4n) is 3.18. The molecule has 0 spiro atoms. The van der Waals surface area contributed by atoms with E-state index in [-0.39, 0.29) is 11.5 Å². The van der Waals surface area contributed by atoms with Crippen LogP contribution < -0.4 is 14.2 Å². The molecule has 0 aliphatic carbocycles. The summed E-state index contributed by atoms with van der Waals surface area (Å²) in [5.41, 5.74) is -2.31. The van der Waals surface area contributed by atoms with E-state index in [1.807, 2.05) is 0 Å². The molecule has 0 amide bonds. The Labute approximate surface area is 196 Å². The van der Waals surface area contributed by atoms with Crippen LogP contribution in [0.25, 0.3) is 0 Å². The molecule has 0 radical (unpaired) electrons. The van der Waals surface area contributed by atoms with Gasteiger partial charge in [0.15, 0.2) is 23.0 Å². The zero-order valence-electron chi connectivity index (χ0n) is 17.7. The molecule has 0 aromatic heterocycles. The van der Waals surface area contributed by atoms with Crippen LogP contribution in [0.2, 0.25) is 0 Å². The van der Waals surface area contributed by atoms with Crippen molar-refractivity contribution in [3.63, 3.8) is 0 Å². The van der Waals surface area contributed by atoms with Crippen LogP contribution in [-0.4, -0.2) is 0 Å². The Morgan fingerprint density at radius 2 is 0.771 bits per heavy atom. The van der Waals surface area contributed by atoms with Gasteiger partial charge < -0.3 is 14.2 Å². The minimum Gasteiger partial charge on any atom is -0.453 e. The van der Waals surface area contributed by atoms with Gasteiger partial charge in [0.05, 0.1) is 0 Å². The molecule has 0 aliphatic heterocycles. The molecule has 35 heavy (non-hydrogen) atoms. The molecular formula is C26H16F6O3. The first kappa shape index (κ1) is 24.0. The van der Waals surface area contributed by atoms with Crippen molar-refractivity contribution in [1.82, 2.24) is 0 Å². The lowest BCUT2D eigenvalue weighted by Gasteiger charge is -2.20. The molecule has 0 saturated heterocycles. The molecule has 0 unspecified atom stereocenters. The number of hydrogen-bond donors (Lipinski definition) is 0. The first-order valence-electron chi connectivity index (χ1n) is 10.2. The molecule has 4 rings (SSSR count). The van der Waals surface area contributed by atoms with Crippen molar-refractivity contribution in [2.45, 2.75) is 12.4 Å². The monoisotopic (exact) mass is 490 g/mol. The number of halogens is 6. The molecule has 0 aliphatic rings. The van der Waals surface area contributed by atoms with Crippen molar-refractivity contribution >= 4 is 0 Å². The van der Waals surface area contributed by atoms with E-state index in [2.05, 4.69) is 0 Å². The Kier molecular flexibility index (Phi) is 6.59. The van der Waals surface area contributed by atoms with E-state index < -0.39 is 46.5 Å². The Balaban J connectivity index is 1.83. The van der Waals surface area contributed by atoms with Gasteiger partial charge >= 0.3 is 12.4 Å². The zero-order chi connectivity index (χ0) is 25.1. The third-order valence-electron chi connectivity index (χ3n) is 4.71. The zero-order valence-corrected chi connectivity index (χ0v) is 17.7. The minimum atomic E-state index is -4.82. The number of para-hydroxylation sites is 4. The van der Waals surface area contributed by atoms with E-state index in [0.717, 1.165) is 24.3 Å². The summed E-state index contributed by atoms with van der Waals surface area (Å²) in [6.45, 7) is 0. The summed E-state index contributed by atoms with van der Waals surface area (Å²) in [6, 6.07) is 21.3. The Hall–Kier alpha value is -4.14. The first-order valence-corrected chi connectivity index (χ1v) is 10.2. The lowest BCUT2D eigenvalue weighted by molar-refractivity contribution is -0.139. The molecule has 0 fully saturated rings. The van der Waals surface area contributed by atoms with Crippen LogP contribution in [0, 0.1) is 0 Å². The van der Waals surface area contributed by atoms with E-state index in [9.17, 15) is 26.3 Å². The summed E-state index contributed by atoms with van der Waals surface area (Å²) in [6.07, 6.45) is -9.64. The normalized spacial score (nSPS) is 11.7. The summed E-state index contributed by atoms with van der Waals surface area (Å²) >= 11 is 0. The van der Waals surface area contributed by atoms with Gasteiger partial charge in [-0.25, -0.2) is 0 Å². The summed E-state index contributed by atoms with van der Waals surface area (Å²) in [4.78, 5) is 0. The molecule has 0 bridgehead atoms. The molecule has 0 atom stereocenters. The fourth-order valence-corrected chi connectivity index (χ4v) is 3.18. The van der Waals surface area contributed by atoms with Gasteiger partial charge in [0.2, 0.25) is 0 Å². The summed E-state index contributed by atoms with van der Waals surface area (Å²) in [7, 11) is 0. The van der Waals surface area contributed by atoms with Crippen LogP contribution in [0.1, 0.15) is 11.1 Å². The Morgan fingerprint density at radius 3 is 1.11 bits per heavy atom. The van der Waals surface area contributed by atoms with Crippen molar-refractivity contribution in [2.75, 3.05) is 0 Å². The fraction of sp³-hybridized carbons (Fsp3) is 0.0769.